The fraction of sp³-hybridized carbons (Fsp3) is 0.444. The lowest BCUT2D eigenvalue weighted by atomic mass is 9.92. The Morgan fingerprint density at radius 3 is 2.24 bits per heavy atom. The zero-order valence-electron chi connectivity index (χ0n) is 20.1. The molecule has 2 aromatic rings. The number of fused-ring (bicyclic) bond motifs is 1. The van der Waals surface area contributed by atoms with E-state index in [1.165, 1.54) is 0 Å². The zero-order valence-corrected chi connectivity index (χ0v) is 20.1. The molecule has 176 valence electrons. The van der Waals surface area contributed by atoms with Gasteiger partial charge in [0.25, 0.3) is 0 Å². The van der Waals surface area contributed by atoms with Gasteiger partial charge in [0.05, 0.1) is 6.42 Å². The summed E-state index contributed by atoms with van der Waals surface area (Å²) in [5.41, 5.74) is 3.77. The molecule has 3 rings (SSSR count). The average Bonchev–Trinajstić information content (AvgIpc) is 2.79. The summed E-state index contributed by atoms with van der Waals surface area (Å²) in [6.45, 7) is 9.80. The van der Waals surface area contributed by atoms with Crippen LogP contribution in [0.2, 0.25) is 0 Å². The van der Waals surface area contributed by atoms with Gasteiger partial charge in [-0.15, -0.1) is 0 Å². The highest BCUT2D eigenvalue weighted by molar-refractivity contribution is 5.97. The van der Waals surface area contributed by atoms with Crippen LogP contribution >= 0.6 is 0 Å². The van der Waals surface area contributed by atoms with Crippen molar-refractivity contribution in [1.29, 1.82) is 0 Å². The van der Waals surface area contributed by atoms with E-state index in [0.29, 0.717) is 44.6 Å². The van der Waals surface area contributed by atoms with Crippen LogP contribution in [0, 0.1) is 5.92 Å². The summed E-state index contributed by atoms with van der Waals surface area (Å²) in [7, 11) is 0. The van der Waals surface area contributed by atoms with E-state index in [1.807, 2.05) is 76.2 Å². The molecular weight excluding hydrogens is 414 g/mol. The highest BCUT2D eigenvalue weighted by atomic mass is 16.2. The van der Waals surface area contributed by atoms with Crippen molar-refractivity contribution in [3.8, 4) is 0 Å². The highest BCUT2D eigenvalue weighted by Gasteiger charge is 2.34. The lowest BCUT2D eigenvalue weighted by molar-refractivity contribution is -0.140. The topological polar surface area (TPSA) is 69.7 Å². The summed E-state index contributed by atoms with van der Waals surface area (Å²) in [5.74, 6) is 0.139. The number of likely N-dealkylation sites (N-methyl/N-ethyl adjacent to an activating group) is 1. The van der Waals surface area contributed by atoms with Gasteiger partial charge >= 0.3 is 0 Å². The van der Waals surface area contributed by atoms with E-state index in [2.05, 4.69) is 5.32 Å². The molecule has 1 unspecified atom stereocenters. The number of anilines is 1. The molecular formula is C27H35N3O3. The van der Waals surface area contributed by atoms with Crippen molar-refractivity contribution >= 4 is 23.4 Å². The predicted molar refractivity (Wildman–Crippen MR) is 131 cm³/mol. The second kappa shape index (κ2) is 11.1. The second-order valence-corrected chi connectivity index (χ2v) is 9.04. The molecule has 0 aliphatic carbocycles. The molecule has 0 spiro atoms. The summed E-state index contributed by atoms with van der Waals surface area (Å²) in [6.07, 6.45) is 1.26. The van der Waals surface area contributed by atoms with Crippen LogP contribution in [0.15, 0.2) is 48.5 Å². The Morgan fingerprint density at radius 1 is 1.00 bits per heavy atom. The maximum atomic E-state index is 13.2. The van der Waals surface area contributed by atoms with Gasteiger partial charge in [-0.1, -0.05) is 50.2 Å². The Balaban J connectivity index is 1.71. The monoisotopic (exact) mass is 449 g/mol. The Bertz CT molecular complexity index is 980. The Hall–Kier alpha value is -3.15. The van der Waals surface area contributed by atoms with E-state index < -0.39 is 6.04 Å². The van der Waals surface area contributed by atoms with Gasteiger partial charge in [-0.2, -0.15) is 0 Å². The van der Waals surface area contributed by atoms with Crippen molar-refractivity contribution in [2.45, 2.75) is 59.5 Å². The van der Waals surface area contributed by atoms with E-state index in [4.69, 9.17) is 0 Å². The molecule has 0 bridgehead atoms. The first kappa shape index (κ1) is 24.5. The van der Waals surface area contributed by atoms with Crippen LogP contribution in [-0.4, -0.2) is 46.7 Å². The van der Waals surface area contributed by atoms with Crippen LogP contribution < -0.4 is 5.32 Å². The maximum absolute atomic E-state index is 13.2. The fourth-order valence-electron chi connectivity index (χ4n) is 4.28. The molecule has 3 amide bonds. The van der Waals surface area contributed by atoms with Gasteiger partial charge in [-0.25, -0.2) is 0 Å². The number of benzene rings is 2. The van der Waals surface area contributed by atoms with Gasteiger partial charge in [0.1, 0.15) is 6.04 Å². The van der Waals surface area contributed by atoms with Crippen LogP contribution in [0.1, 0.15) is 50.8 Å². The second-order valence-electron chi connectivity index (χ2n) is 9.04. The van der Waals surface area contributed by atoms with Gasteiger partial charge in [-0.05, 0) is 48.6 Å². The molecule has 0 saturated carbocycles. The molecule has 6 nitrogen and oxygen atoms in total. The number of nitrogens with zero attached hydrogens (tertiary/aromatic N) is 2. The minimum absolute atomic E-state index is 0.00455. The molecule has 1 heterocycles. The molecule has 1 aliphatic heterocycles. The summed E-state index contributed by atoms with van der Waals surface area (Å²) in [4.78, 5) is 42.1. The first-order chi connectivity index (χ1) is 15.8. The molecule has 33 heavy (non-hydrogen) atoms. The van der Waals surface area contributed by atoms with Gasteiger partial charge in [-0.3, -0.25) is 14.4 Å². The number of hydrogen-bond donors (Lipinski definition) is 1. The smallest absolute Gasteiger partial charge is 0.247 e. The number of carbonyl (C=O) groups is 3. The quantitative estimate of drug-likeness (QED) is 0.661. The Kier molecular flexibility index (Phi) is 8.26. The van der Waals surface area contributed by atoms with E-state index in [9.17, 15) is 14.4 Å². The molecule has 6 heteroatoms. The largest absolute Gasteiger partial charge is 0.343 e. The summed E-state index contributed by atoms with van der Waals surface area (Å²) in [5, 5.41) is 2.98. The maximum Gasteiger partial charge on any atom is 0.247 e. The first-order valence-corrected chi connectivity index (χ1v) is 11.9. The van der Waals surface area contributed by atoms with E-state index >= 15 is 0 Å². The molecule has 0 fully saturated rings. The van der Waals surface area contributed by atoms with Crippen LogP contribution in [0.3, 0.4) is 0 Å². The normalized spacial score (nSPS) is 15.2. The van der Waals surface area contributed by atoms with Crippen molar-refractivity contribution in [2.75, 3.05) is 18.4 Å². The molecule has 1 atom stereocenters. The zero-order chi connectivity index (χ0) is 24.0. The predicted octanol–water partition coefficient (Wildman–Crippen LogP) is 4.04. The van der Waals surface area contributed by atoms with Crippen LogP contribution in [-0.2, 0) is 33.8 Å². The van der Waals surface area contributed by atoms with Crippen molar-refractivity contribution in [3.05, 3.63) is 65.2 Å². The molecule has 1 N–H and O–H groups in total. The fourth-order valence-corrected chi connectivity index (χ4v) is 4.28. The van der Waals surface area contributed by atoms with Crippen molar-refractivity contribution < 1.29 is 14.4 Å². The summed E-state index contributed by atoms with van der Waals surface area (Å²) >= 11 is 0. The third-order valence-corrected chi connectivity index (χ3v) is 6.15. The Labute approximate surface area is 197 Å². The van der Waals surface area contributed by atoms with Gasteiger partial charge in [0, 0.05) is 38.2 Å². The lowest BCUT2D eigenvalue weighted by Crippen LogP contribution is -2.50. The lowest BCUT2D eigenvalue weighted by Gasteiger charge is -2.36. The van der Waals surface area contributed by atoms with Crippen LogP contribution in [0.4, 0.5) is 5.69 Å². The van der Waals surface area contributed by atoms with Crippen molar-refractivity contribution in [1.82, 2.24) is 9.80 Å². The third kappa shape index (κ3) is 6.21. The van der Waals surface area contributed by atoms with Gasteiger partial charge < -0.3 is 15.1 Å². The molecule has 2 aromatic carbocycles. The number of carbonyl (C=O) groups excluding carboxylic acids is 3. The van der Waals surface area contributed by atoms with Crippen LogP contribution in [0.25, 0.3) is 0 Å². The number of hydrogen-bond acceptors (Lipinski definition) is 3. The van der Waals surface area contributed by atoms with E-state index in [-0.39, 0.29) is 23.6 Å². The van der Waals surface area contributed by atoms with Crippen LogP contribution in [0.5, 0.6) is 0 Å². The van der Waals surface area contributed by atoms with Gasteiger partial charge in [0.2, 0.25) is 17.7 Å². The summed E-state index contributed by atoms with van der Waals surface area (Å²) < 4.78 is 0. The van der Waals surface area contributed by atoms with E-state index in [0.717, 1.165) is 16.7 Å². The summed E-state index contributed by atoms with van der Waals surface area (Å²) in [6, 6.07) is 14.8. The average molecular weight is 450 g/mol. The van der Waals surface area contributed by atoms with Crippen molar-refractivity contribution in [2.24, 2.45) is 5.92 Å². The number of nitrogens with one attached hydrogen (secondary N) is 1. The molecule has 0 saturated heterocycles. The third-order valence-electron chi connectivity index (χ3n) is 6.15. The molecule has 0 radical (unpaired) electrons. The minimum atomic E-state index is -0.546. The Morgan fingerprint density at radius 2 is 1.64 bits per heavy atom. The van der Waals surface area contributed by atoms with Gasteiger partial charge in [0.15, 0.2) is 0 Å². The highest BCUT2D eigenvalue weighted by Crippen LogP contribution is 2.26. The minimum Gasteiger partial charge on any atom is -0.343 e. The van der Waals surface area contributed by atoms with Crippen molar-refractivity contribution in [3.63, 3.8) is 0 Å². The molecule has 1 aliphatic rings. The first-order valence-electron chi connectivity index (χ1n) is 11.9. The SMILES string of the molecule is CCN(CC)C(=O)Cc1ccc(NC(=O)C2Cc3ccccc3CN2C(=O)CC(C)C)cc1. The standard InChI is InChI=1S/C27H35N3O3/c1-5-29(6-2)25(31)16-20-11-13-23(14-12-20)28-27(33)24-17-21-9-7-8-10-22(21)18-30(24)26(32)15-19(3)4/h7-14,19,24H,5-6,15-18H2,1-4H3,(H,28,33). The molecule has 0 aromatic heterocycles. The van der Waals surface area contributed by atoms with E-state index in [1.54, 1.807) is 9.80 Å². The number of amides is 3. The number of rotatable bonds is 8.